The summed E-state index contributed by atoms with van der Waals surface area (Å²) >= 11 is 6.23. The first-order chi connectivity index (χ1) is 18.1. The Kier molecular flexibility index (Phi) is 9.88. The van der Waals surface area contributed by atoms with Gasteiger partial charge in [-0.05, 0) is 67.8 Å². The van der Waals surface area contributed by atoms with E-state index in [1.165, 1.54) is 47.4 Å². The lowest BCUT2D eigenvalue weighted by Crippen LogP contribution is -2.52. The number of likely N-dealkylation sites (N-methyl/N-ethyl adjacent to an activating group) is 1. The average molecular weight is 560 g/mol. The highest BCUT2D eigenvalue weighted by atomic mass is 35.5. The standard InChI is InChI=1S/C28H31ClFN3O4S/c1-4-25(28(35)31-5-2)32(18-21-12-15-23(30)16-13-21)27(34)19-33(26-17-22(29)14-11-20(26)3)38(36,37)24-9-7-6-8-10-24/h6-17,25H,4-5,18-19H2,1-3H3,(H,31,35)/t25-/m0/s1. The lowest BCUT2D eigenvalue weighted by atomic mass is 10.1. The maximum atomic E-state index is 13.9. The molecule has 0 radical (unpaired) electrons. The van der Waals surface area contributed by atoms with Crippen LogP contribution in [0.5, 0.6) is 0 Å². The molecule has 3 aromatic carbocycles. The zero-order valence-electron chi connectivity index (χ0n) is 21.5. The van der Waals surface area contributed by atoms with Crippen LogP contribution in [0.3, 0.4) is 0 Å². The Balaban J connectivity index is 2.08. The van der Waals surface area contributed by atoms with Gasteiger partial charge < -0.3 is 10.2 Å². The van der Waals surface area contributed by atoms with Crippen LogP contribution in [0.4, 0.5) is 10.1 Å². The number of hydrogen-bond acceptors (Lipinski definition) is 4. The number of nitrogens with zero attached hydrogens (tertiary/aromatic N) is 2. The van der Waals surface area contributed by atoms with E-state index in [1.807, 2.05) is 0 Å². The third-order valence-corrected chi connectivity index (χ3v) is 8.06. The molecule has 202 valence electrons. The first-order valence-corrected chi connectivity index (χ1v) is 14.1. The zero-order chi connectivity index (χ0) is 27.9. The third kappa shape index (κ3) is 6.90. The second-order valence-electron chi connectivity index (χ2n) is 8.72. The van der Waals surface area contributed by atoms with Gasteiger partial charge in [-0.2, -0.15) is 0 Å². The van der Waals surface area contributed by atoms with Crippen LogP contribution < -0.4 is 9.62 Å². The first-order valence-electron chi connectivity index (χ1n) is 12.2. The topological polar surface area (TPSA) is 86.8 Å². The molecule has 0 unspecified atom stereocenters. The van der Waals surface area contributed by atoms with Crippen molar-refractivity contribution in [2.75, 3.05) is 17.4 Å². The molecular weight excluding hydrogens is 529 g/mol. The Labute approximate surface area is 228 Å². The summed E-state index contributed by atoms with van der Waals surface area (Å²) in [6.45, 7) is 5.04. The van der Waals surface area contributed by atoms with E-state index in [-0.39, 0.29) is 23.0 Å². The molecular formula is C28H31ClFN3O4S. The second kappa shape index (κ2) is 12.9. The van der Waals surface area contributed by atoms with Crippen molar-refractivity contribution < 1.29 is 22.4 Å². The van der Waals surface area contributed by atoms with E-state index in [1.54, 1.807) is 51.1 Å². The summed E-state index contributed by atoms with van der Waals surface area (Å²) in [5, 5.41) is 3.05. The Morgan fingerprint density at radius 2 is 1.66 bits per heavy atom. The van der Waals surface area contributed by atoms with Crippen LogP contribution in [0.1, 0.15) is 31.4 Å². The molecule has 0 heterocycles. The first kappa shape index (κ1) is 29.1. The van der Waals surface area contributed by atoms with Crippen molar-refractivity contribution in [3.8, 4) is 0 Å². The van der Waals surface area contributed by atoms with Crippen LogP contribution in [0.25, 0.3) is 0 Å². The van der Waals surface area contributed by atoms with Gasteiger partial charge in [0.15, 0.2) is 0 Å². The lowest BCUT2D eigenvalue weighted by Gasteiger charge is -2.33. The number of benzene rings is 3. The predicted molar refractivity (Wildman–Crippen MR) is 147 cm³/mol. The van der Waals surface area contributed by atoms with E-state index in [2.05, 4.69) is 5.32 Å². The van der Waals surface area contributed by atoms with Gasteiger partial charge in [0.25, 0.3) is 10.0 Å². The maximum absolute atomic E-state index is 13.9. The minimum Gasteiger partial charge on any atom is -0.355 e. The van der Waals surface area contributed by atoms with E-state index in [0.717, 1.165) is 4.31 Å². The van der Waals surface area contributed by atoms with Crippen LogP contribution in [0, 0.1) is 12.7 Å². The fraction of sp³-hybridized carbons (Fsp3) is 0.286. The van der Waals surface area contributed by atoms with Crippen LogP contribution >= 0.6 is 11.6 Å². The average Bonchev–Trinajstić information content (AvgIpc) is 2.90. The summed E-state index contributed by atoms with van der Waals surface area (Å²) in [4.78, 5) is 28.2. The summed E-state index contributed by atoms with van der Waals surface area (Å²) < 4.78 is 42.2. The number of aryl methyl sites for hydroxylation is 1. The molecule has 0 bridgehead atoms. The highest BCUT2D eigenvalue weighted by Gasteiger charge is 2.34. The van der Waals surface area contributed by atoms with Crippen LogP contribution in [-0.4, -0.2) is 44.3 Å². The van der Waals surface area contributed by atoms with E-state index < -0.39 is 34.3 Å². The van der Waals surface area contributed by atoms with E-state index in [4.69, 9.17) is 11.6 Å². The van der Waals surface area contributed by atoms with E-state index in [0.29, 0.717) is 29.1 Å². The van der Waals surface area contributed by atoms with Crippen molar-refractivity contribution in [2.45, 2.75) is 44.7 Å². The normalized spacial score (nSPS) is 12.0. The van der Waals surface area contributed by atoms with Crippen LogP contribution in [-0.2, 0) is 26.2 Å². The van der Waals surface area contributed by atoms with Crippen molar-refractivity contribution in [3.05, 3.63) is 94.8 Å². The summed E-state index contributed by atoms with van der Waals surface area (Å²) in [5.41, 5.74) is 1.45. The van der Waals surface area contributed by atoms with Crippen molar-refractivity contribution in [1.29, 1.82) is 0 Å². The van der Waals surface area contributed by atoms with Gasteiger partial charge in [0.2, 0.25) is 11.8 Å². The molecule has 0 aliphatic rings. The summed E-state index contributed by atoms with van der Waals surface area (Å²) in [5.74, 6) is -1.38. The van der Waals surface area contributed by atoms with Crippen molar-refractivity contribution in [2.24, 2.45) is 0 Å². The minimum absolute atomic E-state index is 0.00743. The monoisotopic (exact) mass is 559 g/mol. The molecule has 10 heteroatoms. The number of anilines is 1. The Morgan fingerprint density at radius 3 is 2.26 bits per heavy atom. The summed E-state index contributed by atoms with van der Waals surface area (Å²) in [7, 11) is -4.19. The smallest absolute Gasteiger partial charge is 0.264 e. The molecule has 0 aromatic heterocycles. The number of rotatable bonds is 11. The van der Waals surface area contributed by atoms with Gasteiger partial charge in [0.05, 0.1) is 10.6 Å². The van der Waals surface area contributed by atoms with Crippen molar-refractivity contribution in [1.82, 2.24) is 10.2 Å². The molecule has 0 spiro atoms. The number of amides is 2. The molecule has 3 rings (SSSR count). The highest BCUT2D eigenvalue weighted by Crippen LogP contribution is 2.30. The van der Waals surface area contributed by atoms with Gasteiger partial charge in [-0.15, -0.1) is 0 Å². The summed E-state index contributed by atoms with van der Waals surface area (Å²) in [6, 6.07) is 17.3. The largest absolute Gasteiger partial charge is 0.355 e. The number of sulfonamides is 1. The SMILES string of the molecule is CCNC(=O)[C@H](CC)N(Cc1ccc(F)cc1)C(=O)CN(c1cc(Cl)ccc1C)S(=O)(=O)c1ccccc1. The molecule has 0 aliphatic heterocycles. The maximum Gasteiger partial charge on any atom is 0.264 e. The number of carbonyl (C=O) groups is 2. The quantitative estimate of drug-likeness (QED) is 0.361. The van der Waals surface area contributed by atoms with Crippen LogP contribution in [0.2, 0.25) is 5.02 Å². The van der Waals surface area contributed by atoms with Gasteiger partial charge in [-0.1, -0.05) is 54.9 Å². The molecule has 0 saturated heterocycles. The third-order valence-electron chi connectivity index (χ3n) is 6.05. The molecule has 0 saturated carbocycles. The molecule has 38 heavy (non-hydrogen) atoms. The number of hydrogen-bond donors (Lipinski definition) is 1. The second-order valence-corrected chi connectivity index (χ2v) is 11.0. The Hall–Kier alpha value is -3.43. The van der Waals surface area contributed by atoms with Gasteiger partial charge in [-0.3, -0.25) is 13.9 Å². The van der Waals surface area contributed by atoms with E-state index in [9.17, 15) is 22.4 Å². The predicted octanol–water partition coefficient (Wildman–Crippen LogP) is 4.93. The molecule has 0 aliphatic carbocycles. The van der Waals surface area contributed by atoms with Gasteiger partial charge in [-0.25, -0.2) is 12.8 Å². The van der Waals surface area contributed by atoms with Gasteiger partial charge in [0.1, 0.15) is 18.4 Å². The van der Waals surface area contributed by atoms with Crippen LogP contribution in [0.15, 0.2) is 77.7 Å². The molecule has 3 aromatic rings. The Morgan fingerprint density at radius 1 is 1.00 bits per heavy atom. The molecule has 2 amide bonds. The number of nitrogens with one attached hydrogen (secondary N) is 1. The molecule has 0 fully saturated rings. The fourth-order valence-corrected chi connectivity index (χ4v) is 5.74. The highest BCUT2D eigenvalue weighted by molar-refractivity contribution is 7.92. The van der Waals surface area contributed by atoms with Gasteiger partial charge in [0, 0.05) is 18.1 Å². The minimum atomic E-state index is -4.19. The fourth-order valence-electron chi connectivity index (χ4n) is 4.08. The summed E-state index contributed by atoms with van der Waals surface area (Å²) in [6.07, 6.45) is 0.292. The molecule has 1 atom stereocenters. The number of halogens is 2. The molecule has 1 N–H and O–H groups in total. The van der Waals surface area contributed by atoms with E-state index >= 15 is 0 Å². The van der Waals surface area contributed by atoms with Gasteiger partial charge >= 0.3 is 0 Å². The zero-order valence-corrected chi connectivity index (χ0v) is 23.1. The lowest BCUT2D eigenvalue weighted by molar-refractivity contribution is -0.140. The number of carbonyl (C=O) groups excluding carboxylic acids is 2. The van der Waals surface area contributed by atoms with Crippen molar-refractivity contribution in [3.63, 3.8) is 0 Å². The molecule has 7 nitrogen and oxygen atoms in total. The van der Waals surface area contributed by atoms with Crippen molar-refractivity contribution >= 4 is 39.1 Å². The Bertz CT molecular complexity index is 1370.